The topological polar surface area (TPSA) is 49.8 Å². The van der Waals surface area contributed by atoms with Crippen LogP contribution in [-0.4, -0.2) is 35.3 Å². The molecule has 24 heavy (non-hydrogen) atoms. The van der Waals surface area contributed by atoms with E-state index in [2.05, 4.69) is 15.9 Å². The van der Waals surface area contributed by atoms with Crippen LogP contribution in [0.4, 0.5) is 18.0 Å². The molecule has 1 spiro atoms. The molecule has 2 aliphatic rings. The Balaban J connectivity index is 1.56. The van der Waals surface area contributed by atoms with E-state index in [0.29, 0.717) is 23.3 Å². The summed E-state index contributed by atoms with van der Waals surface area (Å²) in [7, 11) is 0. The number of carbonyl (C=O) groups is 1. The molecule has 1 aliphatic carbocycles. The van der Waals surface area contributed by atoms with E-state index < -0.39 is 17.8 Å². The number of carboxylic acid groups (broad SMARTS) is 1. The zero-order valence-electron chi connectivity index (χ0n) is 12.8. The summed E-state index contributed by atoms with van der Waals surface area (Å²) in [4.78, 5) is 12.4. The lowest BCUT2D eigenvalue weighted by Gasteiger charge is -2.51. The van der Waals surface area contributed by atoms with Crippen molar-refractivity contribution in [2.75, 3.05) is 13.1 Å². The van der Waals surface area contributed by atoms with Crippen LogP contribution in [-0.2, 0) is 6.18 Å². The summed E-state index contributed by atoms with van der Waals surface area (Å²) in [5.41, 5.74) is -0.595. The van der Waals surface area contributed by atoms with Gasteiger partial charge in [0.1, 0.15) is 5.75 Å². The van der Waals surface area contributed by atoms with Gasteiger partial charge in [-0.1, -0.05) is 0 Å². The molecule has 1 amide bonds. The minimum atomic E-state index is -4.38. The second-order valence-corrected chi connectivity index (χ2v) is 7.42. The van der Waals surface area contributed by atoms with E-state index in [1.165, 1.54) is 11.0 Å². The second kappa shape index (κ2) is 6.13. The smallest absolute Gasteiger partial charge is 0.416 e. The molecule has 1 heterocycles. The summed E-state index contributed by atoms with van der Waals surface area (Å²) in [6.07, 6.45) is -2.04. The largest absolute Gasteiger partial charge is 0.489 e. The van der Waals surface area contributed by atoms with Crippen molar-refractivity contribution >= 4 is 22.0 Å². The van der Waals surface area contributed by atoms with Crippen LogP contribution >= 0.6 is 15.9 Å². The molecule has 1 saturated heterocycles. The normalized spacial score (nSPS) is 20.8. The maximum Gasteiger partial charge on any atom is 0.416 e. The quantitative estimate of drug-likeness (QED) is 0.767. The third-order valence-electron chi connectivity index (χ3n) is 4.97. The monoisotopic (exact) mass is 407 g/mol. The number of piperidine rings is 1. The van der Waals surface area contributed by atoms with Crippen molar-refractivity contribution < 1.29 is 27.8 Å². The molecule has 0 aromatic heterocycles. The Morgan fingerprint density at radius 1 is 1.29 bits per heavy atom. The third-order valence-corrected chi connectivity index (χ3v) is 5.59. The van der Waals surface area contributed by atoms with Gasteiger partial charge in [0.05, 0.1) is 16.1 Å². The van der Waals surface area contributed by atoms with Crippen molar-refractivity contribution in [3.8, 4) is 5.75 Å². The maximum atomic E-state index is 12.7. The Morgan fingerprint density at radius 3 is 2.42 bits per heavy atom. The van der Waals surface area contributed by atoms with Crippen LogP contribution in [0.3, 0.4) is 0 Å². The van der Waals surface area contributed by atoms with Crippen LogP contribution in [0.15, 0.2) is 22.7 Å². The molecule has 0 radical (unpaired) electrons. The maximum absolute atomic E-state index is 12.7. The molecule has 1 saturated carbocycles. The van der Waals surface area contributed by atoms with Crippen molar-refractivity contribution in [1.82, 2.24) is 4.90 Å². The first-order valence-corrected chi connectivity index (χ1v) is 8.49. The van der Waals surface area contributed by atoms with E-state index in [4.69, 9.17) is 9.84 Å². The van der Waals surface area contributed by atoms with E-state index in [-0.39, 0.29) is 11.5 Å². The lowest BCUT2D eigenvalue weighted by atomic mass is 9.61. The van der Waals surface area contributed by atoms with Crippen molar-refractivity contribution in [1.29, 1.82) is 0 Å². The van der Waals surface area contributed by atoms with E-state index >= 15 is 0 Å². The number of rotatable bonds is 2. The number of hydrogen-bond donors (Lipinski definition) is 1. The summed E-state index contributed by atoms with van der Waals surface area (Å²) in [6, 6.07) is 3.37. The molecule has 4 nitrogen and oxygen atoms in total. The minimum absolute atomic E-state index is 0.0329. The number of likely N-dealkylation sites (tertiary alicyclic amines) is 1. The van der Waals surface area contributed by atoms with Gasteiger partial charge in [-0.25, -0.2) is 4.79 Å². The average Bonchev–Trinajstić information content (AvgIpc) is 2.47. The summed E-state index contributed by atoms with van der Waals surface area (Å²) >= 11 is 3.14. The average molecular weight is 408 g/mol. The number of hydrogen-bond acceptors (Lipinski definition) is 2. The number of halogens is 4. The van der Waals surface area contributed by atoms with Gasteiger partial charge in [0.15, 0.2) is 0 Å². The summed E-state index contributed by atoms with van der Waals surface area (Å²) < 4.78 is 44.1. The first-order valence-electron chi connectivity index (χ1n) is 7.70. The van der Waals surface area contributed by atoms with Crippen LogP contribution in [0.25, 0.3) is 0 Å². The van der Waals surface area contributed by atoms with Gasteiger partial charge >= 0.3 is 12.3 Å². The van der Waals surface area contributed by atoms with Crippen molar-refractivity contribution in [3.63, 3.8) is 0 Å². The predicted molar refractivity (Wildman–Crippen MR) is 84.1 cm³/mol. The molecule has 3 rings (SSSR count). The Bertz CT molecular complexity index is 634. The highest BCUT2D eigenvalue weighted by Crippen LogP contribution is 2.51. The standard InChI is InChI=1S/C16H17BrF3NO3/c17-12-7-10(16(18,19)20)1-2-13(12)24-11-8-15(9-11)3-5-21(6-4-15)14(22)23/h1-2,7,11H,3-6,8-9H2,(H,22,23). The minimum Gasteiger partial charge on any atom is -0.489 e. The SMILES string of the molecule is O=C(O)N1CCC2(CC1)CC(Oc1ccc(C(F)(F)F)cc1Br)C2. The Labute approximate surface area is 145 Å². The lowest BCUT2D eigenvalue weighted by Crippen LogP contribution is -2.51. The fraction of sp³-hybridized carbons (Fsp3) is 0.562. The third kappa shape index (κ3) is 3.48. The van der Waals surface area contributed by atoms with Crippen LogP contribution in [0.1, 0.15) is 31.2 Å². The van der Waals surface area contributed by atoms with Gasteiger partial charge in [-0.2, -0.15) is 13.2 Å². The summed E-state index contributed by atoms with van der Waals surface area (Å²) in [5.74, 6) is 0.408. The second-order valence-electron chi connectivity index (χ2n) is 6.56. The highest BCUT2D eigenvalue weighted by Gasteiger charge is 2.47. The zero-order valence-corrected chi connectivity index (χ0v) is 14.4. The predicted octanol–water partition coefficient (Wildman–Crippen LogP) is 4.77. The van der Waals surface area contributed by atoms with Gasteiger partial charge < -0.3 is 14.7 Å². The van der Waals surface area contributed by atoms with Crippen molar-refractivity contribution in [2.45, 2.75) is 38.0 Å². The first-order chi connectivity index (χ1) is 11.2. The molecule has 1 aromatic rings. The number of nitrogens with zero attached hydrogens (tertiary/aromatic N) is 1. The highest BCUT2D eigenvalue weighted by atomic mass is 79.9. The summed E-state index contributed by atoms with van der Waals surface area (Å²) in [5, 5.41) is 8.97. The zero-order chi connectivity index (χ0) is 17.5. The first kappa shape index (κ1) is 17.4. The van der Waals surface area contributed by atoms with Gasteiger partial charge in [0.25, 0.3) is 0 Å². The number of benzene rings is 1. The van der Waals surface area contributed by atoms with Gasteiger partial charge in [-0.05, 0) is 65.2 Å². The Kier molecular flexibility index (Phi) is 4.44. The highest BCUT2D eigenvalue weighted by molar-refractivity contribution is 9.10. The Hall–Kier alpha value is -1.44. The lowest BCUT2D eigenvalue weighted by molar-refractivity contribution is -0.137. The van der Waals surface area contributed by atoms with Crippen LogP contribution in [0.5, 0.6) is 5.75 Å². The molecule has 0 bridgehead atoms. The molecule has 0 unspecified atom stereocenters. The molecule has 8 heteroatoms. The van der Waals surface area contributed by atoms with Crippen LogP contribution in [0.2, 0.25) is 0 Å². The van der Waals surface area contributed by atoms with E-state index in [1.54, 1.807) is 0 Å². The molecular formula is C16H17BrF3NO3. The number of amides is 1. The van der Waals surface area contributed by atoms with Gasteiger partial charge in [-0.15, -0.1) is 0 Å². The van der Waals surface area contributed by atoms with Gasteiger partial charge in [0.2, 0.25) is 0 Å². The molecule has 132 valence electrons. The fourth-order valence-corrected chi connectivity index (χ4v) is 3.99. The van der Waals surface area contributed by atoms with Crippen molar-refractivity contribution in [2.24, 2.45) is 5.41 Å². The van der Waals surface area contributed by atoms with Gasteiger partial charge in [0, 0.05) is 13.1 Å². The fourth-order valence-electron chi connectivity index (χ4n) is 3.52. The Morgan fingerprint density at radius 2 is 1.92 bits per heavy atom. The molecule has 1 N–H and O–H groups in total. The van der Waals surface area contributed by atoms with Crippen LogP contribution in [0, 0.1) is 5.41 Å². The molecule has 1 aromatic carbocycles. The molecule has 2 fully saturated rings. The van der Waals surface area contributed by atoms with Gasteiger partial charge in [-0.3, -0.25) is 0 Å². The van der Waals surface area contributed by atoms with Crippen LogP contribution < -0.4 is 4.74 Å². The number of ether oxygens (including phenoxy) is 1. The molecular weight excluding hydrogens is 391 g/mol. The van der Waals surface area contributed by atoms with Crippen molar-refractivity contribution in [3.05, 3.63) is 28.2 Å². The van der Waals surface area contributed by atoms with E-state index in [9.17, 15) is 18.0 Å². The molecule has 1 aliphatic heterocycles. The van der Waals surface area contributed by atoms with E-state index in [0.717, 1.165) is 37.8 Å². The number of alkyl halides is 3. The molecule has 0 atom stereocenters. The summed E-state index contributed by atoms with van der Waals surface area (Å²) in [6.45, 7) is 1.07. The van der Waals surface area contributed by atoms with E-state index in [1.807, 2.05) is 0 Å².